The van der Waals surface area contributed by atoms with Crippen LogP contribution in [-0.4, -0.2) is 54.8 Å². The van der Waals surface area contributed by atoms with Gasteiger partial charge in [-0.25, -0.2) is 0 Å². The molecule has 1 aromatic carbocycles. The number of rotatable bonds is 6. The number of benzene rings is 1. The maximum atomic E-state index is 12.1. The molecule has 2 N–H and O–H groups in total. The lowest BCUT2D eigenvalue weighted by molar-refractivity contribution is -0.132. The van der Waals surface area contributed by atoms with E-state index >= 15 is 0 Å². The first-order chi connectivity index (χ1) is 10.1. The van der Waals surface area contributed by atoms with Crippen molar-refractivity contribution in [1.82, 2.24) is 10.2 Å². The van der Waals surface area contributed by atoms with Gasteiger partial charge in [-0.15, -0.1) is 0 Å². The Morgan fingerprint density at radius 1 is 1.57 bits per heavy atom. The fourth-order valence-electron chi connectivity index (χ4n) is 2.33. The largest absolute Gasteiger partial charge is 0.493 e. The molecule has 0 aliphatic carbocycles. The SMILES string of the molecule is CN(CCCOc1cccc(Cl)c1)C(=O)[C@H]1C[C@@H](O)CN1. The normalized spacial score (nSPS) is 21.3. The van der Waals surface area contributed by atoms with Gasteiger partial charge in [0.2, 0.25) is 5.91 Å². The van der Waals surface area contributed by atoms with Crippen LogP contribution in [0.4, 0.5) is 0 Å². The summed E-state index contributed by atoms with van der Waals surface area (Å²) in [5, 5.41) is 13.1. The number of hydrogen-bond donors (Lipinski definition) is 2. The first-order valence-corrected chi connectivity index (χ1v) is 7.49. The Bertz CT molecular complexity index is 484. The zero-order valence-electron chi connectivity index (χ0n) is 12.1. The van der Waals surface area contributed by atoms with Gasteiger partial charge >= 0.3 is 0 Å². The van der Waals surface area contributed by atoms with Crippen LogP contribution in [0.5, 0.6) is 5.75 Å². The zero-order valence-corrected chi connectivity index (χ0v) is 12.8. The van der Waals surface area contributed by atoms with E-state index in [4.69, 9.17) is 16.3 Å². The lowest BCUT2D eigenvalue weighted by Gasteiger charge is -2.21. The zero-order chi connectivity index (χ0) is 15.2. The molecule has 0 bridgehead atoms. The molecule has 21 heavy (non-hydrogen) atoms. The molecule has 1 aromatic rings. The van der Waals surface area contributed by atoms with Crippen molar-refractivity contribution >= 4 is 17.5 Å². The lowest BCUT2D eigenvalue weighted by Crippen LogP contribution is -2.42. The number of nitrogens with zero attached hydrogens (tertiary/aromatic N) is 1. The number of aliphatic hydroxyl groups is 1. The molecular weight excluding hydrogens is 292 g/mol. The van der Waals surface area contributed by atoms with Gasteiger partial charge in [0.1, 0.15) is 5.75 Å². The van der Waals surface area contributed by atoms with E-state index in [9.17, 15) is 9.90 Å². The Morgan fingerprint density at radius 3 is 3.05 bits per heavy atom. The highest BCUT2D eigenvalue weighted by Gasteiger charge is 2.29. The molecule has 0 unspecified atom stereocenters. The summed E-state index contributed by atoms with van der Waals surface area (Å²) in [4.78, 5) is 13.8. The van der Waals surface area contributed by atoms with Crippen LogP contribution in [0.3, 0.4) is 0 Å². The minimum atomic E-state index is -0.418. The number of ether oxygens (including phenoxy) is 1. The maximum Gasteiger partial charge on any atom is 0.239 e. The highest BCUT2D eigenvalue weighted by molar-refractivity contribution is 6.30. The quantitative estimate of drug-likeness (QED) is 0.777. The summed E-state index contributed by atoms with van der Waals surface area (Å²) in [7, 11) is 1.77. The van der Waals surface area contributed by atoms with E-state index in [2.05, 4.69) is 5.32 Å². The summed E-state index contributed by atoms with van der Waals surface area (Å²) < 4.78 is 5.58. The second kappa shape index (κ2) is 7.64. The maximum absolute atomic E-state index is 12.1. The molecule has 2 atom stereocenters. The van der Waals surface area contributed by atoms with Gasteiger partial charge in [-0.05, 0) is 31.0 Å². The van der Waals surface area contributed by atoms with Crippen LogP contribution < -0.4 is 10.1 Å². The van der Waals surface area contributed by atoms with Crippen LogP contribution in [0.25, 0.3) is 0 Å². The van der Waals surface area contributed by atoms with Crippen LogP contribution >= 0.6 is 11.6 Å². The van der Waals surface area contributed by atoms with Gasteiger partial charge < -0.3 is 20.1 Å². The van der Waals surface area contributed by atoms with Gasteiger partial charge in [0.05, 0.1) is 18.8 Å². The number of halogens is 1. The number of β-amino-alcohol motifs (C(OH)–C–C–N with tert-alkyl or cyclic N) is 1. The van der Waals surface area contributed by atoms with Crippen LogP contribution in [0.1, 0.15) is 12.8 Å². The van der Waals surface area contributed by atoms with E-state index < -0.39 is 6.10 Å². The summed E-state index contributed by atoms with van der Waals surface area (Å²) >= 11 is 5.87. The Hall–Kier alpha value is -1.30. The topological polar surface area (TPSA) is 61.8 Å². The first-order valence-electron chi connectivity index (χ1n) is 7.11. The van der Waals surface area contributed by atoms with Crippen LogP contribution in [-0.2, 0) is 4.79 Å². The fourth-order valence-corrected chi connectivity index (χ4v) is 2.51. The fraction of sp³-hybridized carbons (Fsp3) is 0.533. The van der Waals surface area contributed by atoms with Crippen molar-refractivity contribution in [3.63, 3.8) is 0 Å². The number of hydrogen-bond acceptors (Lipinski definition) is 4. The third kappa shape index (κ3) is 4.88. The third-order valence-electron chi connectivity index (χ3n) is 3.48. The van der Waals surface area contributed by atoms with Crippen molar-refractivity contribution in [3.05, 3.63) is 29.3 Å². The predicted octanol–water partition coefficient (Wildman–Crippen LogP) is 1.29. The standard InChI is InChI=1S/C15H21ClN2O3/c1-18(15(20)14-9-12(19)10-17-14)6-3-7-21-13-5-2-4-11(16)8-13/h2,4-5,8,12,14,17,19H,3,6-7,9-10H2,1H3/t12-,14-/m1/s1. The number of amides is 1. The molecule has 0 radical (unpaired) electrons. The molecule has 116 valence electrons. The van der Waals surface area contributed by atoms with Crippen LogP contribution in [0.2, 0.25) is 5.02 Å². The van der Waals surface area contributed by atoms with Gasteiger partial charge in [-0.2, -0.15) is 0 Å². The number of aliphatic hydroxyl groups excluding tert-OH is 1. The molecule has 5 nitrogen and oxygen atoms in total. The van der Waals surface area contributed by atoms with Gasteiger partial charge in [0.15, 0.2) is 0 Å². The minimum Gasteiger partial charge on any atom is -0.493 e. The molecule has 1 fully saturated rings. The number of carbonyl (C=O) groups excluding carboxylic acids is 1. The van der Waals surface area contributed by atoms with Gasteiger partial charge in [-0.1, -0.05) is 17.7 Å². The highest BCUT2D eigenvalue weighted by atomic mass is 35.5. The van der Waals surface area contributed by atoms with Crippen molar-refractivity contribution in [1.29, 1.82) is 0 Å². The second-order valence-electron chi connectivity index (χ2n) is 5.27. The van der Waals surface area contributed by atoms with Crippen molar-refractivity contribution < 1.29 is 14.6 Å². The molecule has 0 spiro atoms. The Balaban J connectivity index is 1.67. The smallest absolute Gasteiger partial charge is 0.239 e. The molecule has 2 rings (SSSR count). The Labute approximate surface area is 129 Å². The average molecular weight is 313 g/mol. The Morgan fingerprint density at radius 2 is 2.38 bits per heavy atom. The van der Waals surface area contributed by atoms with E-state index in [1.807, 2.05) is 12.1 Å². The Kier molecular flexibility index (Phi) is 5.85. The van der Waals surface area contributed by atoms with Crippen molar-refractivity contribution in [2.75, 3.05) is 26.7 Å². The molecule has 1 saturated heterocycles. The molecule has 1 aliphatic rings. The summed E-state index contributed by atoms with van der Waals surface area (Å²) in [5.74, 6) is 0.756. The number of likely N-dealkylation sites (N-methyl/N-ethyl adjacent to an activating group) is 1. The van der Waals surface area contributed by atoms with Crippen LogP contribution in [0, 0.1) is 0 Å². The van der Waals surface area contributed by atoms with Crippen molar-refractivity contribution in [2.45, 2.75) is 25.0 Å². The van der Waals surface area contributed by atoms with E-state index in [1.165, 1.54) is 0 Å². The average Bonchev–Trinajstić information content (AvgIpc) is 2.89. The van der Waals surface area contributed by atoms with Crippen molar-refractivity contribution in [2.24, 2.45) is 0 Å². The summed E-state index contributed by atoms with van der Waals surface area (Å²) in [5.41, 5.74) is 0. The summed E-state index contributed by atoms with van der Waals surface area (Å²) in [6.07, 6.45) is 0.810. The molecule has 1 amide bonds. The van der Waals surface area contributed by atoms with Crippen molar-refractivity contribution in [3.8, 4) is 5.75 Å². The third-order valence-corrected chi connectivity index (χ3v) is 3.72. The number of nitrogens with one attached hydrogen (secondary N) is 1. The van der Waals surface area contributed by atoms with Gasteiger partial charge in [-0.3, -0.25) is 4.79 Å². The minimum absolute atomic E-state index is 0.0225. The second-order valence-corrected chi connectivity index (χ2v) is 5.71. The van der Waals surface area contributed by atoms with Crippen LogP contribution in [0.15, 0.2) is 24.3 Å². The molecule has 1 aliphatic heterocycles. The number of carbonyl (C=O) groups is 1. The monoisotopic (exact) mass is 312 g/mol. The predicted molar refractivity (Wildman–Crippen MR) is 81.6 cm³/mol. The van der Waals surface area contributed by atoms with E-state index in [0.717, 1.165) is 12.2 Å². The lowest BCUT2D eigenvalue weighted by atomic mass is 10.2. The molecular formula is C15H21ClN2O3. The molecule has 6 heteroatoms. The molecule has 0 saturated carbocycles. The van der Waals surface area contributed by atoms with E-state index in [1.54, 1.807) is 24.1 Å². The summed E-state index contributed by atoms with van der Waals surface area (Å²) in [6, 6.07) is 6.98. The molecule has 1 heterocycles. The van der Waals surface area contributed by atoms with Gasteiger partial charge in [0, 0.05) is 25.2 Å². The van der Waals surface area contributed by atoms with E-state index in [0.29, 0.717) is 31.1 Å². The van der Waals surface area contributed by atoms with Gasteiger partial charge in [0.25, 0.3) is 0 Å². The summed E-state index contributed by atoms with van der Waals surface area (Å²) in [6.45, 7) is 1.63. The highest BCUT2D eigenvalue weighted by Crippen LogP contribution is 2.17. The van der Waals surface area contributed by atoms with E-state index in [-0.39, 0.29) is 11.9 Å². The molecule has 0 aromatic heterocycles. The first kappa shape index (κ1) is 16.1.